The first-order valence-electron chi connectivity index (χ1n) is 5.73. The molecule has 2 nitrogen and oxygen atoms in total. The second-order valence-electron chi connectivity index (χ2n) is 4.38. The van der Waals surface area contributed by atoms with Gasteiger partial charge in [-0.05, 0) is 31.3 Å². The molecule has 1 N–H and O–H groups in total. The van der Waals surface area contributed by atoms with Crippen molar-refractivity contribution in [2.75, 3.05) is 0 Å². The van der Waals surface area contributed by atoms with Crippen molar-refractivity contribution < 1.29 is 8.78 Å². The maximum absolute atomic E-state index is 13.7. The average Bonchev–Trinajstić information content (AvgIpc) is 2.67. The van der Waals surface area contributed by atoms with Crippen molar-refractivity contribution in [3.63, 3.8) is 0 Å². The van der Waals surface area contributed by atoms with E-state index in [9.17, 15) is 8.78 Å². The van der Waals surface area contributed by atoms with E-state index in [1.807, 2.05) is 31.2 Å². The molecule has 0 radical (unpaired) electrons. The zero-order valence-corrected chi connectivity index (χ0v) is 10.9. The number of imidazole rings is 1. The Morgan fingerprint density at radius 1 is 1.11 bits per heavy atom. The van der Waals surface area contributed by atoms with Crippen LogP contribution in [0.4, 0.5) is 8.78 Å². The minimum Gasteiger partial charge on any atom is -0.328 e. The van der Waals surface area contributed by atoms with Gasteiger partial charge in [-0.3, -0.25) is 4.57 Å². The van der Waals surface area contributed by atoms with Gasteiger partial charge < -0.3 is 4.98 Å². The van der Waals surface area contributed by atoms with Gasteiger partial charge in [0.25, 0.3) is 0 Å². The number of aryl methyl sites for hydroxylation is 1. The molecule has 5 heteroatoms. The fraction of sp³-hybridized carbons (Fsp3) is 0.0714. The number of aromatic amines is 1. The van der Waals surface area contributed by atoms with E-state index < -0.39 is 11.6 Å². The zero-order chi connectivity index (χ0) is 13.6. The van der Waals surface area contributed by atoms with E-state index in [1.165, 1.54) is 6.07 Å². The van der Waals surface area contributed by atoms with Crippen LogP contribution in [0.25, 0.3) is 16.7 Å². The van der Waals surface area contributed by atoms with Gasteiger partial charge in [-0.25, -0.2) is 8.78 Å². The standard InChI is InChI=1S/C14H10F2N2S/c1-8-2-4-10(5-3-8)18-12-7-9(15)6-11(16)13(12)17-14(18)19/h2-7H,1H3,(H,17,19). The monoisotopic (exact) mass is 276 g/mol. The van der Waals surface area contributed by atoms with Crippen molar-refractivity contribution in [2.24, 2.45) is 0 Å². The molecule has 0 bridgehead atoms. The predicted octanol–water partition coefficient (Wildman–Crippen LogP) is 4.27. The SMILES string of the molecule is Cc1ccc(-n2c(=S)[nH]c3c(F)cc(F)cc32)cc1. The summed E-state index contributed by atoms with van der Waals surface area (Å²) in [5, 5.41) is 0. The highest BCUT2D eigenvalue weighted by atomic mass is 32.1. The van der Waals surface area contributed by atoms with Gasteiger partial charge in [-0.2, -0.15) is 0 Å². The van der Waals surface area contributed by atoms with Crippen LogP contribution >= 0.6 is 12.2 Å². The van der Waals surface area contributed by atoms with Gasteiger partial charge in [0.2, 0.25) is 0 Å². The highest BCUT2D eigenvalue weighted by molar-refractivity contribution is 7.71. The van der Waals surface area contributed by atoms with Crippen LogP contribution in [-0.2, 0) is 0 Å². The zero-order valence-electron chi connectivity index (χ0n) is 10.1. The van der Waals surface area contributed by atoms with Crippen LogP contribution in [0.5, 0.6) is 0 Å². The topological polar surface area (TPSA) is 20.7 Å². The van der Waals surface area contributed by atoms with Crippen molar-refractivity contribution in [3.05, 3.63) is 58.4 Å². The van der Waals surface area contributed by atoms with Crippen molar-refractivity contribution in [3.8, 4) is 5.69 Å². The maximum atomic E-state index is 13.7. The fourth-order valence-electron chi connectivity index (χ4n) is 2.08. The van der Waals surface area contributed by atoms with Gasteiger partial charge in [-0.1, -0.05) is 17.7 Å². The smallest absolute Gasteiger partial charge is 0.182 e. The number of hydrogen-bond donors (Lipinski definition) is 1. The summed E-state index contributed by atoms with van der Waals surface area (Å²) in [6.07, 6.45) is 0. The molecule has 0 spiro atoms. The number of fused-ring (bicyclic) bond motifs is 1. The number of nitrogens with zero attached hydrogens (tertiary/aromatic N) is 1. The molecule has 1 aromatic heterocycles. The third-order valence-electron chi connectivity index (χ3n) is 3.00. The molecule has 2 aromatic carbocycles. The van der Waals surface area contributed by atoms with E-state index in [0.29, 0.717) is 10.3 Å². The molecule has 0 saturated carbocycles. The van der Waals surface area contributed by atoms with Gasteiger partial charge in [-0.15, -0.1) is 0 Å². The molecule has 3 aromatic rings. The van der Waals surface area contributed by atoms with Crippen LogP contribution in [0.3, 0.4) is 0 Å². The minimum absolute atomic E-state index is 0.215. The Balaban J connectivity index is 2.38. The summed E-state index contributed by atoms with van der Waals surface area (Å²) < 4.78 is 29.0. The van der Waals surface area contributed by atoms with Crippen LogP contribution in [0.15, 0.2) is 36.4 Å². The highest BCUT2D eigenvalue weighted by Crippen LogP contribution is 2.23. The molecule has 96 valence electrons. The first-order chi connectivity index (χ1) is 9.06. The van der Waals surface area contributed by atoms with Crippen LogP contribution in [0.2, 0.25) is 0 Å². The van der Waals surface area contributed by atoms with Crippen molar-refractivity contribution in [1.29, 1.82) is 0 Å². The van der Waals surface area contributed by atoms with Gasteiger partial charge in [0.05, 0.1) is 5.52 Å². The Morgan fingerprint density at radius 3 is 2.47 bits per heavy atom. The minimum atomic E-state index is -0.646. The lowest BCUT2D eigenvalue weighted by Crippen LogP contribution is -1.94. The fourth-order valence-corrected chi connectivity index (χ4v) is 2.39. The van der Waals surface area contributed by atoms with E-state index >= 15 is 0 Å². The first kappa shape index (κ1) is 12.0. The van der Waals surface area contributed by atoms with E-state index in [-0.39, 0.29) is 5.52 Å². The van der Waals surface area contributed by atoms with Crippen molar-refractivity contribution >= 4 is 23.3 Å². The molecule has 0 aliphatic carbocycles. The van der Waals surface area contributed by atoms with Crippen LogP contribution in [0.1, 0.15) is 5.56 Å². The second-order valence-corrected chi connectivity index (χ2v) is 4.77. The van der Waals surface area contributed by atoms with E-state index in [2.05, 4.69) is 4.98 Å². The molecule has 0 aliphatic rings. The third-order valence-corrected chi connectivity index (χ3v) is 3.29. The van der Waals surface area contributed by atoms with E-state index in [0.717, 1.165) is 17.3 Å². The number of halogens is 2. The molecule has 0 saturated heterocycles. The predicted molar refractivity (Wildman–Crippen MR) is 73.1 cm³/mol. The van der Waals surface area contributed by atoms with Gasteiger partial charge in [0.15, 0.2) is 10.6 Å². The Labute approximate surface area is 113 Å². The van der Waals surface area contributed by atoms with Crippen LogP contribution in [0, 0.1) is 23.3 Å². The summed E-state index contributed by atoms with van der Waals surface area (Å²) in [7, 11) is 0. The number of nitrogens with one attached hydrogen (secondary N) is 1. The largest absolute Gasteiger partial charge is 0.328 e. The summed E-state index contributed by atoms with van der Waals surface area (Å²) in [5.74, 6) is -1.27. The molecule has 1 heterocycles. The lowest BCUT2D eigenvalue weighted by Gasteiger charge is -2.05. The lowest BCUT2D eigenvalue weighted by atomic mass is 10.2. The molecular weight excluding hydrogens is 266 g/mol. The van der Waals surface area contributed by atoms with Crippen molar-refractivity contribution in [1.82, 2.24) is 9.55 Å². The summed E-state index contributed by atoms with van der Waals surface area (Å²) in [6.45, 7) is 1.97. The maximum Gasteiger partial charge on any atom is 0.182 e. The van der Waals surface area contributed by atoms with Crippen LogP contribution in [-0.4, -0.2) is 9.55 Å². The Kier molecular flexibility index (Phi) is 2.71. The summed E-state index contributed by atoms with van der Waals surface area (Å²) in [5.41, 5.74) is 2.48. The quantitative estimate of drug-likeness (QED) is 0.658. The first-order valence-corrected chi connectivity index (χ1v) is 6.14. The summed E-state index contributed by atoms with van der Waals surface area (Å²) in [4.78, 5) is 2.77. The van der Waals surface area contributed by atoms with Gasteiger partial charge in [0.1, 0.15) is 11.3 Å². The van der Waals surface area contributed by atoms with Gasteiger partial charge >= 0.3 is 0 Å². The molecule has 0 unspecified atom stereocenters. The number of rotatable bonds is 1. The second kappa shape index (κ2) is 4.28. The van der Waals surface area contributed by atoms with Crippen molar-refractivity contribution in [2.45, 2.75) is 6.92 Å². The molecular formula is C14H10F2N2S. The summed E-state index contributed by atoms with van der Waals surface area (Å²) >= 11 is 5.19. The van der Waals surface area contributed by atoms with Crippen LogP contribution < -0.4 is 0 Å². The Bertz CT molecular complexity index is 816. The molecule has 0 aliphatic heterocycles. The van der Waals surface area contributed by atoms with E-state index in [1.54, 1.807) is 4.57 Å². The van der Waals surface area contributed by atoms with E-state index in [4.69, 9.17) is 12.2 Å². The number of benzene rings is 2. The number of aromatic nitrogens is 2. The normalized spacial score (nSPS) is 11.1. The molecule has 0 fully saturated rings. The molecule has 0 atom stereocenters. The molecule has 19 heavy (non-hydrogen) atoms. The van der Waals surface area contributed by atoms with Gasteiger partial charge in [0, 0.05) is 17.8 Å². The Morgan fingerprint density at radius 2 is 1.79 bits per heavy atom. The molecule has 0 amide bonds. The number of H-pyrrole nitrogens is 1. The lowest BCUT2D eigenvalue weighted by molar-refractivity contribution is 0.590. The average molecular weight is 276 g/mol. The highest BCUT2D eigenvalue weighted by Gasteiger charge is 2.12. The molecule has 3 rings (SSSR count). The Hall–Kier alpha value is -2.01. The summed E-state index contributed by atoms with van der Waals surface area (Å²) in [6, 6.07) is 9.68. The number of hydrogen-bond acceptors (Lipinski definition) is 1. The third kappa shape index (κ3) is 1.96.